The van der Waals surface area contributed by atoms with Gasteiger partial charge in [-0.15, -0.1) is 0 Å². The summed E-state index contributed by atoms with van der Waals surface area (Å²) in [6, 6.07) is 13.2. The molecule has 6 nitrogen and oxygen atoms in total. The quantitative estimate of drug-likeness (QED) is 0.449. The van der Waals surface area contributed by atoms with Gasteiger partial charge in [-0.2, -0.15) is 5.10 Å². The van der Waals surface area contributed by atoms with Crippen LogP contribution in [0.15, 0.2) is 59.2 Å². The molecule has 1 aromatic heterocycles. The van der Waals surface area contributed by atoms with Crippen LogP contribution >= 0.6 is 11.6 Å². The summed E-state index contributed by atoms with van der Waals surface area (Å²) >= 11 is 6.49. The molecule has 0 radical (unpaired) electrons. The average Bonchev–Trinajstić information content (AvgIpc) is 3.24. The molecular formula is C22H17ClFN3O3. The molecule has 0 bridgehead atoms. The molecule has 3 aromatic rings. The van der Waals surface area contributed by atoms with Crippen molar-refractivity contribution in [3.05, 3.63) is 87.6 Å². The van der Waals surface area contributed by atoms with Gasteiger partial charge in [-0.25, -0.2) is 18.9 Å². The van der Waals surface area contributed by atoms with Gasteiger partial charge in [-0.1, -0.05) is 29.8 Å². The zero-order valence-electron chi connectivity index (χ0n) is 16.2. The number of carbonyl (C=O) groups is 1. The topological polar surface area (TPSA) is 65.7 Å². The monoisotopic (exact) mass is 425 g/mol. The number of carbonyl (C=O) groups excluding carboxylic acids is 1. The summed E-state index contributed by atoms with van der Waals surface area (Å²) < 4.78 is 25.2. The van der Waals surface area contributed by atoms with E-state index in [2.05, 4.69) is 10.1 Å². The number of esters is 1. The van der Waals surface area contributed by atoms with Crippen molar-refractivity contribution >= 4 is 29.5 Å². The number of halogens is 2. The third kappa shape index (κ3) is 3.97. The van der Waals surface area contributed by atoms with Crippen LogP contribution in [0, 0.1) is 12.7 Å². The highest BCUT2D eigenvalue weighted by molar-refractivity contribution is 6.31. The van der Waals surface area contributed by atoms with Crippen molar-refractivity contribution in [2.24, 2.45) is 4.99 Å². The minimum absolute atomic E-state index is 0.124. The summed E-state index contributed by atoms with van der Waals surface area (Å²) in [5.74, 6) is -0.0619. The first kappa shape index (κ1) is 19.8. The minimum atomic E-state index is -0.574. The van der Waals surface area contributed by atoms with Gasteiger partial charge < -0.3 is 9.47 Å². The molecular weight excluding hydrogens is 409 g/mol. The highest BCUT2D eigenvalue weighted by atomic mass is 35.5. The first-order chi connectivity index (χ1) is 14.4. The lowest BCUT2D eigenvalue weighted by atomic mass is 10.2. The Bertz CT molecular complexity index is 1180. The van der Waals surface area contributed by atoms with Crippen LogP contribution in [0.25, 0.3) is 6.08 Å². The van der Waals surface area contributed by atoms with E-state index in [9.17, 15) is 9.18 Å². The largest absolute Gasteiger partial charge is 0.497 e. The van der Waals surface area contributed by atoms with Crippen molar-refractivity contribution in [3.63, 3.8) is 0 Å². The number of ether oxygens (including phenoxy) is 2. The summed E-state index contributed by atoms with van der Waals surface area (Å²) in [7, 11) is 1.56. The van der Waals surface area contributed by atoms with E-state index in [1.165, 1.54) is 12.1 Å². The number of aromatic nitrogens is 2. The zero-order chi connectivity index (χ0) is 21.3. The van der Waals surface area contributed by atoms with Crippen LogP contribution in [0.4, 0.5) is 4.39 Å². The lowest BCUT2D eigenvalue weighted by molar-refractivity contribution is -0.129. The number of hydrogen-bond donors (Lipinski definition) is 0. The molecule has 0 spiro atoms. The summed E-state index contributed by atoms with van der Waals surface area (Å²) in [6.45, 7) is 2.15. The van der Waals surface area contributed by atoms with E-state index in [1.54, 1.807) is 61.2 Å². The Morgan fingerprint density at radius 1 is 1.23 bits per heavy atom. The number of rotatable bonds is 5. The first-order valence-corrected chi connectivity index (χ1v) is 9.46. The van der Waals surface area contributed by atoms with Crippen LogP contribution in [0.3, 0.4) is 0 Å². The molecule has 0 amide bonds. The van der Waals surface area contributed by atoms with E-state index in [4.69, 9.17) is 21.1 Å². The number of methoxy groups -OCH3 is 1. The van der Waals surface area contributed by atoms with Crippen LogP contribution in [-0.2, 0) is 16.1 Å². The van der Waals surface area contributed by atoms with E-state index in [0.717, 1.165) is 5.56 Å². The van der Waals surface area contributed by atoms with E-state index in [0.29, 0.717) is 34.3 Å². The molecule has 0 N–H and O–H groups in total. The van der Waals surface area contributed by atoms with E-state index in [-0.39, 0.29) is 17.4 Å². The van der Waals surface area contributed by atoms with Crippen molar-refractivity contribution in [3.8, 4) is 5.75 Å². The normalized spacial score (nSPS) is 14.7. The number of aliphatic imine (C=N–C) groups is 1. The van der Waals surface area contributed by atoms with Crippen molar-refractivity contribution in [2.75, 3.05) is 7.11 Å². The molecule has 0 saturated heterocycles. The zero-order valence-corrected chi connectivity index (χ0v) is 17.0. The van der Waals surface area contributed by atoms with Gasteiger partial charge in [0.15, 0.2) is 5.70 Å². The Labute approximate surface area is 177 Å². The molecule has 2 heterocycles. The summed E-state index contributed by atoms with van der Waals surface area (Å²) in [5, 5.41) is 4.77. The first-order valence-electron chi connectivity index (χ1n) is 9.09. The molecule has 0 unspecified atom stereocenters. The van der Waals surface area contributed by atoms with Crippen LogP contribution in [0.2, 0.25) is 5.15 Å². The molecule has 2 aromatic carbocycles. The summed E-state index contributed by atoms with van der Waals surface area (Å²) in [6.07, 6.45) is 1.56. The molecule has 1 aliphatic heterocycles. The second-order valence-corrected chi connectivity index (χ2v) is 7.00. The molecule has 0 saturated carbocycles. The van der Waals surface area contributed by atoms with Gasteiger partial charge >= 0.3 is 5.97 Å². The molecule has 0 fully saturated rings. The predicted molar refractivity (Wildman–Crippen MR) is 111 cm³/mol. The van der Waals surface area contributed by atoms with Gasteiger partial charge in [0.05, 0.1) is 19.3 Å². The van der Waals surface area contributed by atoms with Crippen molar-refractivity contribution in [2.45, 2.75) is 13.5 Å². The molecule has 0 aliphatic carbocycles. The average molecular weight is 426 g/mol. The van der Waals surface area contributed by atoms with Gasteiger partial charge in [0.2, 0.25) is 5.90 Å². The molecule has 4 rings (SSSR count). The molecule has 152 valence electrons. The highest BCUT2D eigenvalue weighted by Crippen LogP contribution is 2.27. The number of aryl methyl sites for hydroxylation is 1. The molecule has 8 heteroatoms. The van der Waals surface area contributed by atoms with Gasteiger partial charge in [-0.05, 0) is 48.9 Å². The SMILES string of the molecule is COc1cccc(C2=N/C(=C/c3c(C)nn(Cc4ccc(F)cc4)c3Cl)C(=O)O2)c1. The second-order valence-electron chi connectivity index (χ2n) is 6.64. The van der Waals surface area contributed by atoms with Crippen LogP contribution < -0.4 is 4.74 Å². The smallest absolute Gasteiger partial charge is 0.363 e. The van der Waals surface area contributed by atoms with Gasteiger partial charge in [0, 0.05) is 11.1 Å². The standard InChI is InChI=1S/C22H17ClFN3O3/c1-13-18(20(23)27(26-13)12-14-6-8-16(24)9-7-14)11-19-22(28)30-21(25-19)15-4-3-5-17(10-15)29-2/h3-11H,12H2,1-2H3/b19-11+. The molecule has 1 aliphatic rings. The van der Waals surface area contributed by atoms with Crippen LogP contribution in [0.5, 0.6) is 5.75 Å². The second kappa shape index (κ2) is 8.12. The fourth-order valence-electron chi connectivity index (χ4n) is 3.02. The maximum absolute atomic E-state index is 13.1. The predicted octanol–water partition coefficient (Wildman–Crippen LogP) is 4.39. The fourth-order valence-corrected chi connectivity index (χ4v) is 3.31. The van der Waals surface area contributed by atoms with Crippen molar-refractivity contribution < 1.29 is 18.7 Å². The summed E-state index contributed by atoms with van der Waals surface area (Å²) in [5.41, 5.74) is 2.80. The van der Waals surface area contributed by atoms with Crippen molar-refractivity contribution in [1.82, 2.24) is 9.78 Å². The van der Waals surface area contributed by atoms with E-state index >= 15 is 0 Å². The van der Waals surface area contributed by atoms with Crippen LogP contribution in [-0.4, -0.2) is 28.8 Å². The van der Waals surface area contributed by atoms with Crippen molar-refractivity contribution in [1.29, 1.82) is 0 Å². The lowest BCUT2D eigenvalue weighted by Crippen LogP contribution is -2.05. The third-order valence-corrected chi connectivity index (χ3v) is 4.97. The van der Waals surface area contributed by atoms with E-state index in [1.807, 2.05) is 0 Å². The van der Waals surface area contributed by atoms with Gasteiger partial charge in [0.25, 0.3) is 0 Å². The Hall–Kier alpha value is -3.45. The molecule has 0 atom stereocenters. The van der Waals surface area contributed by atoms with Gasteiger partial charge in [0.1, 0.15) is 16.7 Å². The highest BCUT2D eigenvalue weighted by Gasteiger charge is 2.26. The van der Waals surface area contributed by atoms with E-state index < -0.39 is 5.97 Å². The van der Waals surface area contributed by atoms with Crippen LogP contribution in [0.1, 0.15) is 22.4 Å². The minimum Gasteiger partial charge on any atom is -0.497 e. The molecule has 30 heavy (non-hydrogen) atoms. The Balaban J connectivity index is 1.64. The maximum atomic E-state index is 13.1. The Kier molecular flexibility index (Phi) is 5.37. The Morgan fingerprint density at radius 2 is 2.00 bits per heavy atom. The number of hydrogen-bond acceptors (Lipinski definition) is 5. The maximum Gasteiger partial charge on any atom is 0.363 e. The number of nitrogens with zero attached hydrogens (tertiary/aromatic N) is 3. The third-order valence-electron chi connectivity index (χ3n) is 4.57. The summed E-state index contributed by atoms with van der Waals surface area (Å²) in [4.78, 5) is 16.6. The number of cyclic esters (lactones) is 1. The Morgan fingerprint density at radius 3 is 2.73 bits per heavy atom. The fraction of sp³-hybridized carbons (Fsp3) is 0.136. The number of benzene rings is 2. The lowest BCUT2D eigenvalue weighted by Gasteiger charge is -2.03. The van der Waals surface area contributed by atoms with Gasteiger partial charge in [-0.3, -0.25) is 0 Å².